The van der Waals surface area contributed by atoms with Gasteiger partial charge in [0.25, 0.3) is 0 Å². The number of carbonyl (C=O) groups is 1. The van der Waals surface area contributed by atoms with Crippen molar-refractivity contribution in [2.45, 2.75) is 187 Å². The zero-order valence-corrected chi connectivity index (χ0v) is 33.3. The van der Waals surface area contributed by atoms with Crippen molar-refractivity contribution in [1.82, 2.24) is 0 Å². The van der Waals surface area contributed by atoms with Crippen LogP contribution in [0.1, 0.15) is 114 Å². The predicted octanol–water partition coefficient (Wildman–Crippen LogP) is 2.68. The van der Waals surface area contributed by atoms with Gasteiger partial charge in [0, 0.05) is 11.3 Å². The molecule has 0 aromatic rings. The Morgan fingerprint density at radius 1 is 0.660 bits per heavy atom. The van der Waals surface area contributed by atoms with Gasteiger partial charge in [0.05, 0.1) is 31.0 Å². The van der Waals surface area contributed by atoms with Crippen molar-refractivity contribution in [2.75, 3.05) is 6.61 Å². The molecule has 2 aliphatic heterocycles. The molecule has 0 spiro atoms. The second kappa shape index (κ2) is 13.1. The van der Waals surface area contributed by atoms with Crippen molar-refractivity contribution in [1.29, 1.82) is 0 Å². The molecule has 0 amide bonds. The number of rotatable bonds is 5. The summed E-state index contributed by atoms with van der Waals surface area (Å²) in [5.41, 5.74) is -1.91. The minimum atomic E-state index is -1.59. The van der Waals surface area contributed by atoms with E-state index in [0.717, 1.165) is 32.1 Å². The van der Waals surface area contributed by atoms with E-state index < -0.39 is 72.9 Å². The van der Waals surface area contributed by atoms with Crippen molar-refractivity contribution in [3.63, 3.8) is 0 Å². The highest BCUT2D eigenvalue weighted by atomic mass is 16.7. The molecule has 12 heteroatoms. The Hall–Kier alpha value is -0.770. The highest BCUT2D eigenvalue weighted by Gasteiger charge is 2.75. The van der Waals surface area contributed by atoms with E-state index in [1.807, 2.05) is 6.92 Å². The SMILES string of the molecule is CC(=O)[C@]1(C)CC[C@@]2(C)C1[C@@H](O)C[C@]1(C)C2[C@H](O)CC2[C@@]3(C)CC[C@H](OC4OC[C@@H](O)[C@H](O[C@@H]5O[C@@H](C)[C@H](O)[C@@H](O)[C@H]5O)[C@H]4O)C(C)(C)C3CC[C@]21C. The lowest BCUT2D eigenvalue weighted by Crippen LogP contribution is -2.72. The topological polar surface area (TPSA) is 196 Å². The molecule has 5 aliphatic carbocycles. The second-order valence-corrected chi connectivity index (χ2v) is 20.5. The molecule has 7 fully saturated rings. The Morgan fingerprint density at radius 2 is 1.34 bits per heavy atom. The fraction of sp³-hybridized carbons (Fsp3) is 0.976. The van der Waals surface area contributed by atoms with Gasteiger partial charge in [-0.25, -0.2) is 0 Å². The number of hydrogen-bond acceptors (Lipinski definition) is 12. The fourth-order valence-electron chi connectivity index (χ4n) is 14.9. The van der Waals surface area contributed by atoms with E-state index in [0.29, 0.717) is 19.3 Å². The van der Waals surface area contributed by atoms with E-state index >= 15 is 0 Å². The molecule has 53 heavy (non-hydrogen) atoms. The van der Waals surface area contributed by atoms with Crippen LogP contribution < -0.4 is 0 Å². The highest BCUT2D eigenvalue weighted by molar-refractivity contribution is 5.83. The standard InChI is InChI=1S/C41H68O12/c1-19-27(46)28(47)29(48)35(51-19)53-31-23(45)18-50-34(30(31)49)52-26-11-12-38(6)24(36(26,3)4)10-13-40(8)25(38)16-21(43)33-39(7)15-14-37(5,20(2)42)32(39)22(44)17-41(33,40)9/h19,21-35,43-49H,10-18H2,1-9H3/t19-,21+,22-,23+,24?,25?,26-,27-,28+,29+,30+,31-,32?,33?,34?,35-,37-,38-,39-,40+,41+/m0/s1. The minimum Gasteiger partial charge on any atom is -0.393 e. The largest absolute Gasteiger partial charge is 0.393 e. The van der Waals surface area contributed by atoms with Gasteiger partial charge in [0.15, 0.2) is 12.6 Å². The van der Waals surface area contributed by atoms with Gasteiger partial charge in [0.1, 0.15) is 42.4 Å². The van der Waals surface area contributed by atoms with Gasteiger partial charge < -0.3 is 54.7 Å². The average Bonchev–Trinajstić information content (AvgIpc) is 3.36. The molecule has 0 aromatic heterocycles. The van der Waals surface area contributed by atoms with Crippen LogP contribution in [-0.4, -0.2) is 122 Å². The lowest BCUT2D eigenvalue weighted by Gasteiger charge is -2.74. The molecular weight excluding hydrogens is 684 g/mol. The molecule has 12 nitrogen and oxygen atoms in total. The monoisotopic (exact) mass is 752 g/mol. The van der Waals surface area contributed by atoms with Crippen LogP contribution in [0, 0.1) is 56.2 Å². The van der Waals surface area contributed by atoms with Crippen LogP contribution in [0.3, 0.4) is 0 Å². The molecule has 5 unspecified atom stereocenters. The van der Waals surface area contributed by atoms with Crippen LogP contribution in [0.15, 0.2) is 0 Å². The number of ether oxygens (including phenoxy) is 4. The summed E-state index contributed by atoms with van der Waals surface area (Å²) >= 11 is 0. The molecule has 0 bridgehead atoms. The third-order valence-corrected chi connectivity index (χ3v) is 17.8. The molecule has 2 heterocycles. The molecule has 7 aliphatic rings. The lowest BCUT2D eigenvalue weighted by molar-refractivity contribution is -0.355. The number of ketones is 1. The van der Waals surface area contributed by atoms with Crippen LogP contribution in [0.4, 0.5) is 0 Å². The number of fused-ring (bicyclic) bond motifs is 7. The molecule has 7 rings (SSSR count). The van der Waals surface area contributed by atoms with Crippen LogP contribution >= 0.6 is 0 Å². The van der Waals surface area contributed by atoms with Gasteiger partial charge in [-0.05, 0) is 110 Å². The summed E-state index contributed by atoms with van der Waals surface area (Å²) in [7, 11) is 0. The summed E-state index contributed by atoms with van der Waals surface area (Å²) in [5.74, 6) is 0.356. The summed E-state index contributed by atoms with van der Waals surface area (Å²) in [4.78, 5) is 13.1. The molecular formula is C41H68O12. The predicted molar refractivity (Wildman–Crippen MR) is 192 cm³/mol. The Morgan fingerprint density at radius 3 is 2.00 bits per heavy atom. The Labute approximate surface area is 314 Å². The first-order chi connectivity index (χ1) is 24.5. The van der Waals surface area contributed by atoms with Gasteiger partial charge in [0.2, 0.25) is 0 Å². The van der Waals surface area contributed by atoms with E-state index in [1.165, 1.54) is 6.92 Å². The van der Waals surface area contributed by atoms with Crippen LogP contribution in [0.25, 0.3) is 0 Å². The normalized spacial score (nSPS) is 59.2. The first kappa shape index (κ1) is 40.4. The van der Waals surface area contributed by atoms with Crippen LogP contribution in [-0.2, 0) is 23.7 Å². The summed E-state index contributed by atoms with van der Waals surface area (Å²) in [6.45, 7) is 18.9. The molecule has 5 saturated carbocycles. The maximum Gasteiger partial charge on any atom is 0.187 e. The number of aliphatic hydroxyl groups is 7. The third kappa shape index (κ3) is 5.58. The lowest BCUT2D eigenvalue weighted by atomic mass is 9.31. The van der Waals surface area contributed by atoms with Crippen molar-refractivity contribution in [2.24, 2.45) is 56.2 Å². The molecule has 21 atom stereocenters. The maximum absolute atomic E-state index is 13.1. The average molecular weight is 753 g/mol. The summed E-state index contributed by atoms with van der Waals surface area (Å²) in [6.07, 6.45) is -6.94. The smallest absolute Gasteiger partial charge is 0.187 e. The second-order valence-electron chi connectivity index (χ2n) is 20.5. The zero-order chi connectivity index (χ0) is 39.0. The maximum atomic E-state index is 13.1. The van der Waals surface area contributed by atoms with Gasteiger partial charge >= 0.3 is 0 Å². The third-order valence-electron chi connectivity index (χ3n) is 17.8. The van der Waals surface area contributed by atoms with Crippen molar-refractivity contribution >= 4 is 5.78 Å². The first-order valence-electron chi connectivity index (χ1n) is 20.3. The Bertz CT molecular complexity index is 1410. The Balaban J connectivity index is 1.10. The van der Waals surface area contributed by atoms with E-state index in [-0.39, 0.29) is 69.2 Å². The summed E-state index contributed by atoms with van der Waals surface area (Å²) < 4.78 is 24.0. The molecule has 7 N–H and O–H groups in total. The van der Waals surface area contributed by atoms with Crippen molar-refractivity contribution in [3.8, 4) is 0 Å². The first-order valence-corrected chi connectivity index (χ1v) is 20.3. The summed E-state index contributed by atoms with van der Waals surface area (Å²) in [5, 5.41) is 77.6. The Kier molecular flexibility index (Phi) is 10.0. The number of aliphatic hydroxyl groups excluding tert-OH is 7. The van der Waals surface area contributed by atoms with Crippen LogP contribution in [0.5, 0.6) is 0 Å². The van der Waals surface area contributed by atoms with Crippen molar-refractivity contribution in [3.05, 3.63) is 0 Å². The van der Waals surface area contributed by atoms with E-state index in [1.54, 1.807) is 6.92 Å². The van der Waals surface area contributed by atoms with E-state index in [4.69, 9.17) is 18.9 Å². The van der Waals surface area contributed by atoms with Crippen LogP contribution in [0.2, 0.25) is 0 Å². The molecule has 0 radical (unpaired) electrons. The van der Waals surface area contributed by atoms with Crippen molar-refractivity contribution < 1.29 is 59.5 Å². The summed E-state index contributed by atoms with van der Waals surface area (Å²) in [6, 6.07) is 0. The molecule has 0 aromatic carbocycles. The number of Topliss-reactive ketones (excluding diaryl/α,β-unsaturated/α-hetero) is 1. The van der Waals surface area contributed by atoms with Gasteiger partial charge in [-0.2, -0.15) is 0 Å². The minimum absolute atomic E-state index is 0.0224. The molecule has 304 valence electrons. The van der Waals surface area contributed by atoms with Gasteiger partial charge in [-0.3, -0.25) is 4.79 Å². The van der Waals surface area contributed by atoms with E-state index in [9.17, 15) is 40.5 Å². The molecule has 2 saturated heterocycles. The number of hydrogen-bond donors (Lipinski definition) is 7. The zero-order valence-electron chi connectivity index (χ0n) is 33.3. The van der Waals surface area contributed by atoms with Gasteiger partial charge in [-0.1, -0.05) is 48.5 Å². The quantitative estimate of drug-likeness (QED) is 0.203. The highest BCUT2D eigenvalue weighted by Crippen LogP contribution is 2.78. The number of carbonyl (C=O) groups excluding carboxylic acids is 1. The van der Waals surface area contributed by atoms with Gasteiger partial charge in [-0.15, -0.1) is 0 Å². The van der Waals surface area contributed by atoms with E-state index in [2.05, 4.69) is 41.5 Å². The fourth-order valence-corrected chi connectivity index (χ4v) is 14.9.